The Morgan fingerprint density at radius 1 is 1.43 bits per heavy atom. The van der Waals surface area contributed by atoms with Crippen LogP contribution in [0.1, 0.15) is 40.5 Å². The highest BCUT2D eigenvalue weighted by molar-refractivity contribution is 14.0. The summed E-state index contributed by atoms with van der Waals surface area (Å²) < 4.78 is 5.14. The summed E-state index contributed by atoms with van der Waals surface area (Å²) in [6, 6.07) is 0. The summed E-state index contributed by atoms with van der Waals surface area (Å²) in [6.45, 7) is 11.2. The van der Waals surface area contributed by atoms with Gasteiger partial charge in [0.25, 0.3) is 0 Å². The van der Waals surface area contributed by atoms with Gasteiger partial charge in [-0.3, -0.25) is 9.79 Å². The molecule has 0 unspecified atom stereocenters. The molecule has 0 spiro atoms. The Morgan fingerprint density at radius 2 is 2.13 bits per heavy atom. The zero-order chi connectivity index (χ0) is 16.6. The highest BCUT2D eigenvalue weighted by Gasteiger charge is 2.28. The molecular formula is C16H32IN3O3. The Balaban J connectivity index is 0.00000484. The molecule has 2 N–H and O–H groups in total. The largest absolute Gasteiger partial charge is 0.466 e. The molecule has 6 nitrogen and oxygen atoms in total. The van der Waals surface area contributed by atoms with Crippen molar-refractivity contribution in [2.75, 3.05) is 39.4 Å². The first-order valence-electron chi connectivity index (χ1n) is 8.24. The van der Waals surface area contributed by atoms with E-state index in [1.165, 1.54) is 0 Å². The SMILES string of the molecule is CCNC(=NCC(C)(C)CO)N1CCC[C@@H](C(=O)OCC)C1.I. The van der Waals surface area contributed by atoms with Gasteiger partial charge in [-0.1, -0.05) is 13.8 Å². The number of ether oxygens (including phenoxy) is 1. The van der Waals surface area contributed by atoms with Crippen LogP contribution in [0.25, 0.3) is 0 Å². The molecule has 0 aromatic carbocycles. The number of guanidine groups is 1. The number of likely N-dealkylation sites (tertiary alicyclic amines) is 1. The van der Waals surface area contributed by atoms with E-state index in [0.717, 1.165) is 31.9 Å². The van der Waals surface area contributed by atoms with E-state index < -0.39 is 0 Å². The number of halogens is 1. The third kappa shape index (κ3) is 7.69. The minimum Gasteiger partial charge on any atom is -0.466 e. The zero-order valence-electron chi connectivity index (χ0n) is 14.8. The normalized spacial score (nSPS) is 19.1. The number of carbonyl (C=O) groups is 1. The summed E-state index contributed by atoms with van der Waals surface area (Å²) in [6.07, 6.45) is 1.83. The summed E-state index contributed by atoms with van der Waals surface area (Å²) in [5.41, 5.74) is -0.239. The van der Waals surface area contributed by atoms with E-state index >= 15 is 0 Å². The Labute approximate surface area is 157 Å². The van der Waals surface area contributed by atoms with Gasteiger partial charge in [0.2, 0.25) is 0 Å². The molecule has 1 saturated heterocycles. The van der Waals surface area contributed by atoms with Crippen molar-refractivity contribution < 1.29 is 14.6 Å². The Kier molecular flexibility index (Phi) is 10.8. The average molecular weight is 441 g/mol. The van der Waals surface area contributed by atoms with Gasteiger partial charge in [-0.2, -0.15) is 0 Å². The molecule has 1 atom stereocenters. The predicted octanol–water partition coefficient (Wildman–Crippen LogP) is 1.86. The summed E-state index contributed by atoms with van der Waals surface area (Å²) in [4.78, 5) is 18.7. The summed E-state index contributed by atoms with van der Waals surface area (Å²) in [5, 5.41) is 12.6. The van der Waals surface area contributed by atoms with E-state index in [9.17, 15) is 9.90 Å². The van der Waals surface area contributed by atoms with Gasteiger partial charge in [-0.05, 0) is 26.7 Å². The number of aliphatic hydroxyl groups excluding tert-OH is 1. The van der Waals surface area contributed by atoms with Crippen molar-refractivity contribution in [3.8, 4) is 0 Å². The second-order valence-electron chi connectivity index (χ2n) is 6.53. The Hall–Kier alpha value is -0.570. The lowest BCUT2D eigenvalue weighted by molar-refractivity contribution is -0.149. The Bertz CT molecular complexity index is 389. The maximum atomic E-state index is 11.9. The summed E-state index contributed by atoms with van der Waals surface area (Å²) in [5.74, 6) is 0.625. The second kappa shape index (κ2) is 11.1. The van der Waals surface area contributed by atoms with Gasteiger partial charge in [0.1, 0.15) is 0 Å². The first-order chi connectivity index (χ1) is 10.4. The van der Waals surface area contributed by atoms with Crippen LogP contribution < -0.4 is 5.32 Å². The lowest BCUT2D eigenvalue weighted by Gasteiger charge is -2.34. The summed E-state index contributed by atoms with van der Waals surface area (Å²) in [7, 11) is 0. The fourth-order valence-electron chi connectivity index (χ4n) is 2.39. The van der Waals surface area contributed by atoms with Crippen LogP contribution >= 0.6 is 24.0 Å². The molecule has 1 rings (SSSR count). The number of carbonyl (C=O) groups excluding carboxylic acids is 1. The molecule has 0 saturated carbocycles. The van der Waals surface area contributed by atoms with Gasteiger partial charge in [0, 0.05) is 31.7 Å². The first kappa shape index (κ1) is 22.4. The van der Waals surface area contributed by atoms with Crippen LogP contribution in [0.4, 0.5) is 0 Å². The van der Waals surface area contributed by atoms with Gasteiger partial charge in [0.05, 0.1) is 19.1 Å². The van der Waals surface area contributed by atoms with Crippen LogP contribution in [-0.2, 0) is 9.53 Å². The van der Waals surface area contributed by atoms with Gasteiger partial charge < -0.3 is 20.1 Å². The molecule has 0 amide bonds. The molecule has 1 heterocycles. The van der Waals surface area contributed by atoms with Crippen molar-refractivity contribution >= 4 is 35.9 Å². The maximum absolute atomic E-state index is 11.9. The average Bonchev–Trinajstić information content (AvgIpc) is 2.52. The van der Waals surface area contributed by atoms with Gasteiger partial charge >= 0.3 is 5.97 Å². The fraction of sp³-hybridized carbons (Fsp3) is 0.875. The minimum absolute atomic E-state index is 0. The molecule has 0 radical (unpaired) electrons. The molecule has 136 valence electrons. The minimum atomic E-state index is -0.239. The third-order valence-corrected chi connectivity index (χ3v) is 3.76. The van der Waals surface area contributed by atoms with Crippen LogP contribution in [0.15, 0.2) is 4.99 Å². The molecule has 1 aliphatic rings. The number of esters is 1. The van der Waals surface area contributed by atoms with Crippen LogP contribution in [0, 0.1) is 11.3 Å². The Morgan fingerprint density at radius 3 is 2.70 bits per heavy atom. The smallest absolute Gasteiger partial charge is 0.310 e. The predicted molar refractivity (Wildman–Crippen MR) is 103 cm³/mol. The van der Waals surface area contributed by atoms with Crippen LogP contribution in [-0.4, -0.2) is 61.3 Å². The molecule has 23 heavy (non-hydrogen) atoms. The lowest BCUT2D eigenvalue weighted by Crippen LogP contribution is -2.48. The van der Waals surface area contributed by atoms with E-state index in [0.29, 0.717) is 19.7 Å². The number of aliphatic imine (C=N–C) groups is 1. The standard InChI is InChI=1S/C16H31N3O3.HI/c1-5-17-15(18-11-16(3,4)12-20)19-9-7-8-13(10-19)14(21)22-6-2;/h13,20H,5-12H2,1-4H3,(H,17,18);1H/t13-;/m1./s1. The third-order valence-electron chi connectivity index (χ3n) is 3.76. The molecular weight excluding hydrogens is 409 g/mol. The van der Waals surface area contributed by atoms with Gasteiger partial charge in [0.15, 0.2) is 5.96 Å². The van der Waals surface area contributed by atoms with E-state index in [4.69, 9.17) is 4.74 Å². The topological polar surface area (TPSA) is 74.2 Å². The van der Waals surface area contributed by atoms with Crippen molar-refractivity contribution in [2.24, 2.45) is 16.3 Å². The van der Waals surface area contributed by atoms with Crippen LogP contribution in [0.3, 0.4) is 0 Å². The number of hydrogen-bond acceptors (Lipinski definition) is 4. The number of nitrogens with zero attached hydrogens (tertiary/aromatic N) is 2. The second-order valence-corrected chi connectivity index (χ2v) is 6.53. The van der Waals surface area contributed by atoms with E-state index in [1.807, 2.05) is 27.7 Å². The molecule has 7 heteroatoms. The molecule has 0 aromatic rings. The summed E-state index contributed by atoms with van der Waals surface area (Å²) >= 11 is 0. The highest BCUT2D eigenvalue weighted by Crippen LogP contribution is 2.19. The monoisotopic (exact) mass is 441 g/mol. The number of hydrogen-bond donors (Lipinski definition) is 2. The van der Waals surface area contributed by atoms with Crippen molar-refractivity contribution in [1.29, 1.82) is 0 Å². The number of rotatable bonds is 6. The van der Waals surface area contributed by atoms with Crippen molar-refractivity contribution in [2.45, 2.75) is 40.5 Å². The van der Waals surface area contributed by atoms with Gasteiger partial charge in [-0.15, -0.1) is 24.0 Å². The maximum Gasteiger partial charge on any atom is 0.310 e. The number of piperidine rings is 1. The number of nitrogens with one attached hydrogen (secondary N) is 1. The highest BCUT2D eigenvalue weighted by atomic mass is 127. The van der Waals surface area contributed by atoms with E-state index in [2.05, 4.69) is 15.2 Å². The zero-order valence-corrected chi connectivity index (χ0v) is 17.1. The first-order valence-corrected chi connectivity index (χ1v) is 8.24. The van der Waals surface area contributed by atoms with Crippen molar-refractivity contribution in [3.63, 3.8) is 0 Å². The lowest BCUT2D eigenvalue weighted by atomic mass is 9.95. The van der Waals surface area contributed by atoms with Gasteiger partial charge in [-0.25, -0.2) is 0 Å². The quantitative estimate of drug-likeness (QED) is 0.285. The van der Waals surface area contributed by atoms with Crippen LogP contribution in [0.2, 0.25) is 0 Å². The molecule has 1 aliphatic heterocycles. The fourth-order valence-corrected chi connectivity index (χ4v) is 2.39. The van der Waals surface area contributed by atoms with E-state index in [-0.39, 0.29) is 47.9 Å². The molecule has 1 fully saturated rings. The van der Waals surface area contributed by atoms with Crippen LogP contribution in [0.5, 0.6) is 0 Å². The molecule has 0 aromatic heterocycles. The number of aliphatic hydroxyl groups is 1. The van der Waals surface area contributed by atoms with Crippen molar-refractivity contribution in [1.82, 2.24) is 10.2 Å². The molecule has 0 aliphatic carbocycles. The molecule has 0 bridgehead atoms. The van der Waals surface area contributed by atoms with Crippen molar-refractivity contribution in [3.05, 3.63) is 0 Å². The van der Waals surface area contributed by atoms with E-state index in [1.54, 1.807) is 0 Å².